The van der Waals surface area contributed by atoms with E-state index in [-0.39, 0.29) is 18.3 Å². The van der Waals surface area contributed by atoms with E-state index in [0.29, 0.717) is 13.0 Å². The van der Waals surface area contributed by atoms with Gasteiger partial charge in [-0.3, -0.25) is 14.9 Å². The lowest BCUT2D eigenvalue weighted by Gasteiger charge is -2.29. The van der Waals surface area contributed by atoms with Crippen LogP contribution < -0.4 is 10.6 Å². The smallest absolute Gasteiger partial charge is 0.323 e. The third-order valence-electron chi connectivity index (χ3n) is 4.06. The number of morpholine rings is 1. The van der Waals surface area contributed by atoms with Crippen LogP contribution in [0.2, 0.25) is 0 Å². The van der Waals surface area contributed by atoms with Crippen LogP contribution in [-0.2, 0) is 27.3 Å². The van der Waals surface area contributed by atoms with E-state index in [1.807, 2.05) is 30.3 Å². The van der Waals surface area contributed by atoms with Gasteiger partial charge in [0, 0.05) is 6.54 Å². The van der Waals surface area contributed by atoms with E-state index in [1.54, 1.807) is 12.1 Å². The maximum absolute atomic E-state index is 13.0. The van der Waals surface area contributed by atoms with E-state index in [4.69, 9.17) is 4.74 Å². The number of halogens is 1. The van der Waals surface area contributed by atoms with Gasteiger partial charge < -0.3 is 10.1 Å². The molecule has 2 aromatic carbocycles. The van der Waals surface area contributed by atoms with E-state index < -0.39 is 18.1 Å². The lowest BCUT2D eigenvalue weighted by Crippen LogP contribution is -2.58. The van der Waals surface area contributed by atoms with Crippen molar-refractivity contribution in [1.82, 2.24) is 10.6 Å². The Hall–Kier alpha value is -2.73. The summed E-state index contributed by atoms with van der Waals surface area (Å²) >= 11 is 0. The fourth-order valence-corrected chi connectivity index (χ4v) is 2.68. The highest BCUT2D eigenvalue weighted by Crippen LogP contribution is 2.11. The highest BCUT2D eigenvalue weighted by atomic mass is 19.1. The number of esters is 1. The molecule has 0 spiro atoms. The van der Waals surface area contributed by atoms with Crippen molar-refractivity contribution in [2.75, 3.05) is 6.61 Å². The van der Waals surface area contributed by atoms with Gasteiger partial charge in [-0.05, 0) is 29.7 Å². The van der Waals surface area contributed by atoms with E-state index in [9.17, 15) is 14.0 Å². The lowest BCUT2D eigenvalue weighted by atomic mass is 10.0. The van der Waals surface area contributed by atoms with Gasteiger partial charge in [0.1, 0.15) is 24.5 Å². The van der Waals surface area contributed by atoms with Gasteiger partial charge >= 0.3 is 5.97 Å². The van der Waals surface area contributed by atoms with Gasteiger partial charge in [0.2, 0.25) is 5.91 Å². The van der Waals surface area contributed by atoms with Crippen LogP contribution >= 0.6 is 0 Å². The molecule has 1 fully saturated rings. The Morgan fingerprint density at radius 2 is 1.84 bits per heavy atom. The molecule has 0 bridgehead atoms. The fraction of sp³-hybridized carbons (Fsp3) is 0.263. The molecule has 3 rings (SSSR count). The molecule has 130 valence electrons. The molecule has 0 saturated carbocycles. The van der Waals surface area contributed by atoms with Crippen LogP contribution in [0.4, 0.5) is 4.39 Å². The van der Waals surface area contributed by atoms with Gasteiger partial charge in [-0.15, -0.1) is 0 Å². The van der Waals surface area contributed by atoms with Crippen molar-refractivity contribution in [3.8, 4) is 0 Å². The van der Waals surface area contributed by atoms with E-state index in [2.05, 4.69) is 10.6 Å². The molecule has 6 heteroatoms. The third-order valence-corrected chi connectivity index (χ3v) is 4.06. The number of cyclic esters (lactones) is 1. The molecule has 1 aliphatic heterocycles. The Balaban J connectivity index is 1.56. The highest BCUT2D eigenvalue weighted by Gasteiger charge is 2.33. The first-order valence-electron chi connectivity index (χ1n) is 8.10. The molecule has 1 amide bonds. The Labute approximate surface area is 145 Å². The van der Waals surface area contributed by atoms with Crippen LogP contribution in [0.15, 0.2) is 54.6 Å². The van der Waals surface area contributed by atoms with Gasteiger partial charge in [-0.1, -0.05) is 42.5 Å². The summed E-state index contributed by atoms with van der Waals surface area (Å²) in [6.07, 6.45) is 0.335. The first-order valence-corrected chi connectivity index (χ1v) is 8.10. The SMILES string of the molecule is O=C(NCc1ccccc1)C1COC(=O)C(Cc2ccc(F)cc2)N1. The molecule has 2 unspecified atom stereocenters. The Bertz CT molecular complexity index is 734. The van der Waals surface area contributed by atoms with Crippen LogP contribution in [0, 0.1) is 5.82 Å². The standard InChI is InChI=1S/C19H19FN2O3/c20-15-8-6-13(7-9-15)10-16-19(24)25-12-17(22-16)18(23)21-11-14-4-2-1-3-5-14/h1-9,16-17,22H,10-12H2,(H,21,23). The Kier molecular flexibility index (Phi) is 5.40. The summed E-state index contributed by atoms with van der Waals surface area (Å²) in [6.45, 7) is 0.411. The molecule has 2 aromatic rings. The zero-order valence-electron chi connectivity index (χ0n) is 13.6. The monoisotopic (exact) mass is 342 g/mol. The summed E-state index contributed by atoms with van der Waals surface area (Å²) in [7, 11) is 0. The Morgan fingerprint density at radius 3 is 2.56 bits per heavy atom. The number of benzene rings is 2. The number of hydrogen-bond acceptors (Lipinski definition) is 4. The summed E-state index contributed by atoms with van der Waals surface area (Å²) in [4.78, 5) is 24.2. The minimum absolute atomic E-state index is 0.000621. The first kappa shape index (κ1) is 17.1. The number of amides is 1. The molecule has 1 saturated heterocycles. The summed E-state index contributed by atoms with van der Waals surface area (Å²) in [6, 6.07) is 14.2. The molecule has 0 aliphatic carbocycles. The second-order valence-electron chi connectivity index (χ2n) is 5.94. The topological polar surface area (TPSA) is 67.4 Å². The summed E-state index contributed by atoms with van der Waals surface area (Å²) in [5, 5.41) is 5.86. The van der Waals surface area contributed by atoms with Crippen LogP contribution in [0.5, 0.6) is 0 Å². The van der Waals surface area contributed by atoms with Crippen LogP contribution in [-0.4, -0.2) is 30.6 Å². The molecule has 25 heavy (non-hydrogen) atoms. The van der Waals surface area contributed by atoms with Crippen LogP contribution in [0.1, 0.15) is 11.1 Å². The minimum Gasteiger partial charge on any atom is -0.462 e. The normalized spacial score (nSPS) is 20.0. The summed E-state index contributed by atoms with van der Waals surface area (Å²) < 4.78 is 18.1. The molecule has 1 aliphatic rings. The first-order chi connectivity index (χ1) is 12.1. The molecule has 2 N–H and O–H groups in total. The highest BCUT2D eigenvalue weighted by molar-refractivity contribution is 5.85. The number of carbonyl (C=O) groups excluding carboxylic acids is 2. The van der Waals surface area contributed by atoms with Gasteiger partial charge in [0.05, 0.1) is 0 Å². The summed E-state index contributed by atoms with van der Waals surface area (Å²) in [5.74, 6) is -0.960. The van der Waals surface area contributed by atoms with Gasteiger partial charge in [-0.2, -0.15) is 0 Å². The van der Waals surface area contributed by atoms with Crippen molar-refractivity contribution in [3.05, 3.63) is 71.5 Å². The number of carbonyl (C=O) groups is 2. The maximum atomic E-state index is 13.0. The predicted molar refractivity (Wildman–Crippen MR) is 90.1 cm³/mol. The minimum atomic E-state index is -0.633. The molecule has 5 nitrogen and oxygen atoms in total. The number of hydrogen-bond donors (Lipinski definition) is 2. The van der Waals surface area contributed by atoms with Crippen molar-refractivity contribution in [2.45, 2.75) is 25.0 Å². The number of rotatable bonds is 5. The van der Waals surface area contributed by atoms with E-state index in [1.165, 1.54) is 12.1 Å². The van der Waals surface area contributed by atoms with Gasteiger partial charge in [0.15, 0.2) is 0 Å². The second-order valence-corrected chi connectivity index (χ2v) is 5.94. The average Bonchev–Trinajstić information content (AvgIpc) is 2.64. The van der Waals surface area contributed by atoms with Crippen molar-refractivity contribution in [2.24, 2.45) is 0 Å². The quantitative estimate of drug-likeness (QED) is 0.810. The molecule has 0 radical (unpaired) electrons. The molecular weight excluding hydrogens is 323 g/mol. The second kappa shape index (κ2) is 7.90. The molecule has 0 aromatic heterocycles. The molecule has 2 atom stereocenters. The lowest BCUT2D eigenvalue weighted by molar-refractivity contribution is -0.153. The number of nitrogens with one attached hydrogen (secondary N) is 2. The fourth-order valence-electron chi connectivity index (χ4n) is 2.68. The molecule has 1 heterocycles. The van der Waals surface area contributed by atoms with Crippen molar-refractivity contribution >= 4 is 11.9 Å². The average molecular weight is 342 g/mol. The zero-order valence-corrected chi connectivity index (χ0v) is 13.6. The zero-order chi connectivity index (χ0) is 17.6. The van der Waals surface area contributed by atoms with Crippen molar-refractivity contribution in [3.63, 3.8) is 0 Å². The Morgan fingerprint density at radius 1 is 1.12 bits per heavy atom. The van der Waals surface area contributed by atoms with E-state index in [0.717, 1.165) is 11.1 Å². The van der Waals surface area contributed by atoms with Crippen molar-refractivity contribution < 1.29 is 18.7 Å². The van der Waals surface area contributed by atoms with Gasteiger partial charge in [0.25, 0.3) is 0 Å². The van der Waals surface area contributed by atoms with Gasteiger partial charge in [-0.25, -0.2) is 4.39 Å². The number of ether oxygens (including phenoxy) is 1. The third kappa shape index (κ3) is 4.64. The van der Waals surface area contributed by atoms with Crippen LogP contribution in [0.25, 0.3) is 0 Å². The van der Waals surface area contributed by atoms with Crippen molar-refractivity contribution in [1.29, 1.82) is 0 Å². The largest absolute Gasteiger partial charge is 0.462 e. The molecular formula is C19H19FN2O3. The van der Waals surface area contributed by atoms with E-state index >= 15 is 0 Å². The predicted octanol–water partition coefficient (Wildman–Crippen LogP) is 1.57. The summed E-state index contributed by atoms with van der Waals surface area (Å²) in [5.41, 5.74) is 1.78. The van der Waals surface area contributed by atoms with Crippen LogP contribution in [0.3, 0.4) is 0 Å². The maximum Gasteiger partial charge on any atom is 0.323 e.